The van der Waals surface area contributed by atoms with E-state index in [0.717, 1.165) is 24.5 Å². The molecule has 0 spiro atoms. The molecule has 11 nitrogen and oxygen atoms in total. The zero-order valence-electron chi connectivity index (χ0n) is 21.0. The predicted octanol–water partition coefficient (Wildman–Crippen LogP) is 1.91. The number of ether oxygens (including phenoxy) is 1. The third kappa shape index (κ3) is 14.0. The monoisotopic (exact) mass is 613 g/mol. The summed E-state index contributed by atoms with van der Waals surface area (Å²) in [6.07, 6.45) is -0.0881. The molecule has 2 unspecified atom stereocenters. The average molecular weight is 615 g/mol. The lowest BCUT2D eigenvalue weighted by Gasteiger charge is -2.15. The Morgan fingerprint density at radius 1 is 1.27 bits per heavy atom. The number of alkyl halides is 1. The molecule has 0 aliphatic carbocycles. The van der Waals surface area contributed by atoms with Gasteiger partial charge >= 0.3 is 0 Å². The zero-order chi connectivity index (χ0) is 28.5. The van der Waals surface area contributed by atoms with Crippen LogP contribution in [0.15, 0.2) is 23.3 Å². The van der Waals surface area contributed by atoms with Gasteiger partial charge in [0, 0.05) is 31.4 Å². The number of nitrogens with two attached hydrogens (primary N) is 1. The van der Waals surface area contributed by atoms with Gasteiger partial charge in [0.05, 0.1) is 24.2 Å². The molecule has 0 aliphatic heterocycles. The maximum Gasteiger partial charge on any atom is 0.257 e. The molecule has 1 heterocycles. The molecule has 0 bridgehead atoms. The van der Waals surface area contributed by atoms with Crippen LogP contribution < -0.4 is 26.4 Å². The van der Waals surface area contributed by atoms with Gasteiger partial charge in [0.25, 0.3) is 5.91 Å². The first-order chi connectivity index (χ1) is 17.4. The SMILES string of the molecule is CC(C)NC(=O)CC(O)CC(O)CNC=O.CNc1snc(OCC(/C(F)=C\CBr)=C(/C)F)c1C(N)=O. The lowest BCUT2D eigenvalue weighted by molar-refractivity contribution is -0.124. The molecule has 210 valence electrons. The highest BCUT2D eigenvalue weighted by Crippen LogP contribution is 2.30. The number of anilines is 1. The van der Waals surface area contributed by atoms with E-state index in [4.69, 9.17) is 10.5 Å². The van der Waals surface area contributed by atoms with Crippen LogP contribution in [0.2, 0.25) is 0 Å². The Bertz CT molecular complexity index is 941. The van der Waals surface area contributed by atoms with Gasteiger partial charge in [-0.15, -0.1) is 0 Å². The molecule has 3 amide bonds. The second-order valence-corrected chi connectivity index (χ2v) is 9.23. The fourth-order valence-corrected chi connectivity index (χ4v) is 3.66. The molecule has 0 fully saturated rings. The van der Waals surface area contributed by atoms with Crippen molar-refractivity contribution in [3.63, 3.8) is 0 Å². The van der Waals surface area contributed by atoms with Crippen LogP contribution in [0.3, 0.4) is 0 Å². The molecule has 1 aromatic rings. The summed E-state index contributed by atoms with van der Waals surface area (Å²) in [7, 11) is 1.60. The lowest BCUT2D eigenvalue weighted by atomic mass is 10.1. The summed E-state index contributed by atoms with van der Waals surface area (Å²) in [5, 5.41) is 27.1. The molecule has 0 aromatic carbocycles. The van der Waals surface area contributed by atoms with Crippen molar-refractivity contribution in [1.29, 1.82) is 0 Å². The minimum Gasteiger partial charge on any atom is -0.471 e. The molecule has 0 saturated heterocycles. The normalized spacial score (nSPS) is 13.5. The summed E-state index contributed by atoms with van der Waals surface area (Å²) in [6, 6.07) is 0.0290. The molecule has 15 heteroatoms. The van der Waals surface area contributed by atoms with Crippen LogP contribution in [0.1, 0.15) is 44.0 Å². The van der Waals surface area contributed by atoms with E-state index in [1.807, 2.05) is 13.8 Å². The number of hydrogen-bond acceptors (Lipinski definition) is 9. The number of nitrogens with zero attached hydrogens (tertiary/aromatic N) is 1. The third-order valence-electron chi connectivity index (χ3n) is 4.30. The van der Waals surface area contributed by atoms with Crippen molar-refractivity contribution in [2.75, 3.05) is 30.8 Å². The first kappa shape index (κ1) is 34.4. The summed E-state index contributed by atoms with van der Waals surface area (Å²) in [4.78, 5) is 32.5. The molecule has 2 atom stereocenters. The molecular weight excluding hydrogens is 580 g/mol. The number of carbonyl (C=O) groups excluding carboxylic acids is 3. The van der Waals surface area contributed by atoms with Gasteiger partial charge in [-0.2, -0.15) is 4.37 Å². The standard InChI is InChI=1S/C12H14BrF2N3O2S.C10H20N2O4/c1-6(14)7(8(15)3-4-13)5-20-11-9(10(16)19)12(17-2)21-18-11;1-7(2)12-10(16)4-8(14)3-9(15)5-11-6-13/h3,17H,4-5H2,1-2H3,(H2,16,19);6-9,14-15H,3-5H2,1-2H3,(H,11,13)(H,12,16)/b7-6+,8-3+;. The van der Waals surface area contributed by atoms with Crippen LogP contribution in [0.4, 0.5) is 13.8 Å². The maximum absolute atomic E-state index is 13.7. The summed E-state index contributed by atoms with van der Waals surface area (Å²) in [5.74, 6) is -2.49. The highest BCUT2D eigenvalue weighted by atomic mass is 79.9. The van der Waals surface area contributed by atoms with Crippen molar-refractivity contribution >= 4 is 50.7 Å². The predicted molar refractivity (Wildman–Crippen MR) is 141 cm³/mol. The Morgan fingerprint density at radius 2 is 1.92 bits per heavy atom. The topological polar surface area (TPSA) is 176 Å². The number of aromatic nitrogens is 1. The number of carbonyl (C=O) groups is 3. The smallest absolute Gasteiger partial charge is 0.257 e. The fraction of sp³-hybridized carbons (Fsp3) is 0.545. The van der Waals surface area contributed by atoms with Gasteiger partial charge < -0.3 is 36.6 Å². The van der Waals surface area contributed by atoms with Gasteiger partial charge in [0.15, 0.2) is 0 Å². The molecule has 0 saturated carbocycles. The summed E-state index contributed by atoms with van der Waals surface area (Å²) in [5.41, 5.74) is 5.05. The zero-order valence-corrected chi connectivity index (χ0v) is 23.4. The van der Waals surface area contributed by atoms with Gasteiger partial charge in [0.2, 0.25) is 18.2 Å². The number of allylic oxidation sites excluding steroid dienone is 2. The highest BCUT2D eigenvalue weighted by Gasteiger charge is 2.21. The molecule has 37 heavy (non-hydrogen) atoms. The van der Waals surface area contributed by atoms with Crippen molar-refractivity contribution in [1.82, 2.24) is 15.0 Å². The number of halogens is 3. The van der Waals surface area contributed by atoms with E-state index >= 15 is 0 Å². The van der Waals surface area contributed by atoms with Gasteiger partial charge in [-0.25, -0.2) is 8.78 Å². The van der Waals surface area contributed by atoms with Crippen LogP contribution >= 0.6 is 27.5 Å². The number of nitrogens with one attached hydrogen (secondary N) is 3. The minimum atomic E-state index is -0.901. The van der Waals surface area contributed by atoms with Crippen molar-refractivity contribution in [2.45, 2.75) is 51.9 Å². The molecule has 7 N–H and O–H groups in total. The molecule has 0 radical (unpaired) electrons. The molecule has 0 aliphatic rings. The van der Waals surface area contributed by atoms with Gasteiger partial charge in [-0.3, -0.25) is 14.4 Å². The highest BCUT2D eigenvalue weighted by molar-refractivity contribution is 9.09. The Balaban J connectivity index is 0.000000730. The molecule has 1 rings (SSSR count). The van der Waals surface area contributed by atoms with Gasteiger partial charge in [-0.05, 0) is 38.4 Å². The Hall–Kier alpha value is -2.62. The minimum absolute atomic E-state index is 0.0290. The van der Waals surface area contributed by atoms with Crippen molar-refractivity contribution in [2.24, 2.45) is 5.73 Å². The van der Waals surface area contributed by atoms with E-state index in [-0.39, 0.29) is 53.7 Å². The van der Waals surface area contributed by atoms with E-state index in [1.54, 1.807) is 7.05 Å². The van der Waals surface area contributed by atoms with E-state index in [9.17, 15) is 33.4 Å². The van der Waals surface area contributed by atoms with Crippen molar-refractivity contribution in [3.05, 3.63) is 28.9 Å². The summed E-state index contributed by atoms with van der Waals surface area (Å²) in [6.45, 7) is 4.45. The van der Waals surface area contributed by atoms with Crippen LogP contribution in [-0.4, -0.2) is 76.6 Å². The summed E-state index contributed by atoms with van der Waals surface area (Å²) < 4.78 is 36.2. The van der Waals surface area contributed by atoms with Crippen molar-refractivity contribution in [3.8, 4) is 5.88 Å². The largest absolute Gasteiger partial charge is 0.471 e. The quantitative estimate of drug-likeness (QED) is 0.0987. The van der Waals surface area contributed by atoms with E-state index in [2.05, 4.69) is 36.3 Å². The second-order valence-electron chi connectivity index (χ2n) is 7.81. The van der Waals surface area contributed by atoms with Crippen molar-refractivity contribution < 1.29 is 38.1 Å². The van der Waals surface area contributed by atoms with Crippen LogP contribution in [0, 0.1) is 0 Å². The number of aliphatic hydroxyl groups is 2. The number of primary amides is 1. The number of rotatable bonds is 15. The second kappa shape index (κ2) is 18.6. The fourth-order valence-electron chi connectivity index (χ4n) is 2.69. The Morgan fingerprint density at radius 3 is 2.41 bits per heavy atom. The van der Waals surface area contributed by atoms with Gasteiger partial charge in [0.1, 0.15) is 28.8 Å². The van der Waals surface area contributed by atoms with E-state index in [0.29, 0.717) is 11.4 Å². The maximum atomic E-state index is 13.7. The number of hydrogen-bond donors (Lipinski definition) is 6. The third-order valence-corrected chi connectivity index (χ3v) is 5.47. The first-order valence-electron chi connectivity index (χ1n) is 11.1. The van der Waals surface area contributed by atoms with E-state index in [1.165, 1.54) is 0 Å². The Kier molecular flexibility index (Phi) is 17.3. The average Bonchev–Trinajstić information content (AvgIpc) is 3.20. The lowest BCUT2D eigenvalue weighted by Crippen LogP contribution is -2.35. The van der Waals surface area contributed by atoms with Gasteiger partial charge in [-0.1, -0.05) is 15.9 Å². The molecular formula is C22H34BrF2N5O6S. The number of amides is 3. The van der Waals surface area contributed by atoms with Crippen LogP contribution in [0.5, 0.6) is 5.88 Å². The van der Waals surface area contributed by atoms with Crippen LogP contribution in [0.25, 0.3) is 0 Å². The Labute approximate surface area is 226 Å². The molecule has 1 aromatic heterocycles. The van der Waals surface area contributed by atoms with Crippen LogP contribution in [-0.2, 0) is 9.59 Å². The number of aliphatic hydroxyl groups excluding tert-OH is 2. The summed E-state index contributed by atoms with van der Waals surface area (Å²) >= 11 is 4.00. The van der Waals surface area contributed by atoms with E-state index < -0.39 is 36.4 Å². The first-order valence-corrected chi connectivity index (χ1v) is 13.0.